The number of benzene rings is 2. The van der Waals surface area contributed by atoms with Crippen LogP contribution in [0.15, 0.2) is 67.0 Å². The molecule has 1 saturated carbocycles. The molecular weight excluding hydrogens is 346 g/mol. The van der Waals surface area contributed by atoms with Crippen LogP contribution in [0, 0.1) is 0 Å². The summed E-state index contributed by atoms with van der Waals surface area (Å²) in [5, 5.41) is 7.07. The molecule has 0 aliphatic heterocycles. The van der Waals surface area contributed by atoms with E-state index in [1.165, 1.54) is 32.1 Å². The highest BCUT2D eigenvalue weighted by molar-refractivity contribution is 5.75. The van der Waals surface area contributed by atoms with Crippen LogP contribution in [-0.2, 0) is 0 Å². The summed E-state index contributed by atoms with van der Waals surface area (Å²) in [6.07, 6.45) is 7.76. The van der Waals surface area contributed by atoms with Gasteiger partial charge in [-0.3, -0.25) is 0 Å². The highest BCUT2D eigenvalue weighted by Gasteiger charge is 2.19. The molecule has 4 N–H and O–H groups in total. The summed E-state index contributed by atoms with van der Waals surface area (Å²) >= 11 is 0. The van der Waals surface area contributed by atoms with E-state index >= 15 is 0 Å². The highest BCUT2D eigenvalue weighted by Crippen LogP contribution is 2.31. The van der Waals surface area contributed by atoms with E-state index in [2.05, 4.69) is 44.9 Å². The van der Waals surface area contributed by atoms with Gasteiger partial charge in [0.25, 0.3) is 0 Å². The average molecular weight is 374 g/mol. The second-order valence-electron chi connectivity index (χ2n) is 7.36. The third-order valence-corrected chi connectivity index (χ3v) is 5.38. The van der Waals surface area contributed by atoms with Crippen molar-refractivity contribution in [1.29, 1.82) is 0 Å². The molecule has 0 atom stereocenters. The van der Waals surface area contributed by atoms with Crippen LogP contribution < -0.4 is 16.4 Å². The Balaban J connectivity index is 1.61. The number of nitrogen functional groups attached to an aromatic ring is 1. The molecule has 1 aliphatic rings. The molecule has 0 spiro atoms. The van der Waals surface area contributed by atoms with Gasteiger partial charge in [0.05, 0.1) is 6.04 Å². The van der Waals surface area contributed by atoms with Gasteiger partial charge in [0, 0.05) is 6.04 Å². The lowest BCUT2D eigenvalue weighted by Gasteiger charge is -2.25. The Labute approximate surface area is 166 Å². The fraction of sp³-hybridized carbons (Fsp3) is 0.304. The van der Waals surface area contributed by atoms with E-state index in [1.54, 1.807) is 6.33 Å². The summed E-state index contributed by atoms with van der Waals surface area (Å²) in [6.45, 7) is 0. The number of rotatable bonds is 6. The third kappa shape index (κ3) is 4.25. The molecule has 3 aromatic rings. The average Bonchev–Trinajstić information content (AvgIpc) is 2.76. The first-order chi connectivity index (χ1) is 13.8. The zero-order chi connectivity index (χ0) is 19.2. The fourth-order valence-corrected chi connectivity index (χ4v) is 3.85. The number of anilines is 3. The molecule has 0 radical (unpaired) electrons. The third-order valence-electron chi connectivity index (χ3n) is 5.38. The van der Waals surface area contributed by atoms with Crippen molar-refractivity contribution in [2.24, 2.45) is 0 Å². The van der Waals surface area contributed by atoms with Crippen LogP contribution >= 0.6 is 0 Å². The molecule has 1 fully saturated rings. The minimum atomic E-state index is -0.0397. The summed E-state index contributed by atoms with van der Waals surface area (Å²) in [7, 11) is 0. The van der Waals surface area contributed by atoms with Crippen LogP contribution in [-0.4, -0.2) is 16.0 Å². The molecule has 28 heavy (non-hydrogen) atoms. The maximum Gasteiger partial charge on any atom is 0.155 e. The van der Waals surface area contributed by atoms with E-state index < -0.39 is 0 Å². The van der Waals surface area contributed by atoms with E-state index in [4.69, 9.17) is 5.73 Å². The number of hydrogen-bond donors (Lipinski definition) is 3. The maximum atomic E-state index is 6.45. The van der Waals surface area contributed by atoms with Crippen molar-refractivity contribution in [3.05, 3.63) is 78.1 Å². The van der Waals surface area contributed by atoms with Gasteiger partial charge in [0.2, 0.25) is 0 Å². The topological polar surface area (TPSA) is 75.9 Å². The molecule has 0 amide bonds. The van der Waals surface area contributed by atoms with Gasteiger partial charge in [-0.25, -0.2) is 9.97 Å². The fourth-order valence-electron chi connectivity index (χ4n) is 3.85. The zero-order valence-electron chi connectivity index (χ0n) is 16.0. The Morgan fingerprint density at radius 3 is 1.96 bits per heavy atom. The summed E-state index contributed by atoms with van der Waals surface area (Å²) in [5.41, 5.74) is 9.35. The predicted octanol–water partition coefficient (Wildman–Crippen LogP) is 5.00. The lowest BCUT2D eigenvalue weighted by Crippen LogP contribution is -2.24. The summed E-state index contributed by atoms with van der Waals surface area (Å²) in [4.78, 5) is 8.83. The van der Waals surface area contributed by atoms with Crippen molar-refractivity contribution >= 4 is 17.3 Å². The SMILES string of the molecule is Nc1c(NC2CCCCC2)ncnc1NC(c1ccccc1)c1ccccc1. The van der Waals surface area contributed by atoms with Crippen molar-refractivity contribution < 1.29 is 0 Å². The molecule has 5 nitrogen and oxygen atoms in total. The molecule has 2 aromatic carbocycles. The van der Waals surface area contributed by atoms with Crippen LogP contribution in [0.5, 0.6) is 0 Å². The number of hydrogen-bond acceptors (Lipinski definition) is 5. The van der Waals surface area contributed by atoms with Gasteiger partial charge in [0.1, 0.15) is 12.0 Å². The molecule has 0 unspecified atom stereocenters. The van der Waals surface area contributed by atoms with Crippen molar-refractivity contribution in [1.82, 2.24) is 9.97 Å². The predicted molar refractivity (Wildman–Crippen MR) is 115 cm³/mol. The minimum Gasteiger partial charge on any atom is -0.393 e. The van der Waals surface area contributed by atoms with E-state index in [-0.39, 0.29) is 6.04 Å². The Morgan fingerprint density at radius 2 is 1.36 bits per heavy atom. The van der Waals surface area contributed by atoms with Crippen molar-refractivity contribution in [3.63, 3.8) is 0 Å². The molecular formula is C23H27N5. The van der Waals surface area contributed by atoms with Gasteiger partial charge in [0.15, 0.2) is 11.6 Å². The molecule has 1 aliphatic carbocycles. The van der Waals surface area contributed by atoms with Crippen LogP contribution in [0.3, 0.4) is 0 Å². The molecule has 1 aromatic heterocycles. The molecule has 0 bridgehead atoms. The Kier molecular flexibility index (Phi) is 5.71. The van der Waals surface area contributed by atoms with Gasteiger partial charge in [-0.05, 0) is 24.0 Å². The van der Waals surface area contributed by atoms with Gasteiger partial charge in [-0.1, -0.05) is 79.9 Å². The summed E-state index contributed by atoms with van der Waals surface area (Å²) in [5.74, 6) is 1.38. The molecule has 144 valence electrons. The lowest BCUT2D eigenvalue weighted by atomic mass is 9.95. The van der Waals surface area contributed by atoms with Gasteiger partial charge < -0.3 is 16.4 Å². The zero-order valence-corrected chi connectivity index (χ0v) is 16.0. The van der Waals surface area contributed by atoms with Crippen molar-refractivity contribution in [3.8, 4) is 0 Å². The van der Waals surface area contributed by atoms with Gasteiger partial charge in [-0.2, -0.15) is 0 Å². The van der Waals surface area contributed by atoms with Crippen LogP contribution in [0.2, 0.25) is 0 Å². The Morgan fingerprint density at radius 1 is 0.786 bits per heavy atom. The van der Waals surface area contributed by atoms with E-state index in [9.17, 15) is 0 Å². The number of nitrogens with two attached hydrogens (primary N) is 1. The molecule has 0 saturated heterocycles. The first-order valence-electron chi connectivity index (χ1n) is 10.0. The number of nitrogens with one attached hydrogen (secondary N) is 2. The maximum absolute atomic E-state index is 6.45. The molecule has 5 heteroatoms. The van der Waals surface area contributed by atoms with Gasteiger partial charge in [-0.15, -0.1) is 0 Å². The standard InChI is InChI=1S/C23H27N5/c24-20-22(27-19-14-8-3-9-15-19)25-16-26-23(20)28-21(17-10-4-1-5-11-17)18-12-6-2-7-13-18/h1-2,4-7,10-13,16,19,21H,3,8-9,14-15,24H2,(H2,25,26,27,28). The smallest absolute Gasteiger partial charge is 0.155 e. The quantitative estimate of drug-likeness (QED) is 0.566. The first-order valence-corrected chi connectivity index (χ1v) is 10.0. The van der Waals surface area contributed by atoms with E-state index in [0.29, 0.717) is 17.5 Å². The van der Waals surface area contributed by atoms with E-state index in [1.807, 2.05) is 36.4 Å². The summed E-state index contributed by atoms with van der Waals surface area (Å²) in [6, 6.07) is 21.1. The first kappa shape index (κ1) is 18.3. The van der Waals surface area contributed by atoms with Crippen LogP contribution in [0.4, 0.5) is 17.3 Å². The van der Waals surface area contributed by atoms with Crippen LogP contribution in [0.25, 0.3) is 0 Å². The van der Waals surface area contributed by atoms with Crippen LogP contribution in [0.1, 0.15) is 49.3 Å². The Hall–Kier alpha value is -3.08. The second kappa shape index (κ2) is 8.74. The monoisotopic (exact) mass is 373 g/mol. The normalized spacial score (nSPS) is 14.8. The number of nitrogens with zero attached hydrogens (tertiary/aromatic N) is 2. The summed E-state index contributed by atoms with van der Waals surface area (Å²) < 4.78 is 0. The Bertz CT molecular complexity index is 837. The van der Waals surface area contributed by atoms with Crippen molar-refractivity contribution in [2.45, 2.75) is 44.2 Å². The molecule has 1 heterocycles. The number of aromatic nitrogens is 2. The molecule has 4 rings (SSSR count). The minimum absolute atomic E-state index is 0.0397. The lowest BCUT2D eigenvalue weighted by molar-refractivity contribution is 0.462. The van der Waals surface area contributed by atoms with Gasteiger partial charge >= 0.3 is 0 Å². The highest BCUT2D eigenvalue weighted by atomic mass is 15.1. The van der Waals surface area contributed by atoms with Crippen molar-refractivity contribution in [2.75, 3.05) is 16.4 Å². The van der Waals surface area contributed by atoms with E-state index in [0.717, 1.165) is 16.9 Å². The second-order valence-corrected chi connectivity index (χ2v) is 7.36. The largest absolute Gasteiger partial charge is 0.393 e.